The van der Waals surface area contributed by atoms with E-state index in [0.717, 1.165) is 25.2 Å². The Bertz CT molecular complexity index is 373. The van der Waals surface area contributed by atoms with Gasteiger partial charge in [-0.05, 0) is 43.8 Å². The fraction of sp³-hybridized carbons (Fsp3) is 0.600. The first-order valence-electron chi connectivity index (χ1n) is 6.56. The van der Waals surface area contributed by atoms with Gasteiger partial charge in [-0.3, -0.25) is 4.90 Å². The summed E-state index contributed by atoms with van der Waals surface area (Å²) in [6.45, 7) is 7.88. The Morgan fingerprint density at radius 2 is 1.94 bits per heavy atom. The molecule has 2 rings (SSSR count). The predicted molar refractivity (Wildman–Crippen MR) is 71.0 cm³/mol. The summed E-state index contributed by atoms with van der Waals surface area (Å²) in [6, 6.07) is 7.67. The van der Waals surface area contributed by atoms with E-state index in [9.17, 15) is 5.11 Å². The van der Waals surface area contributed by atoms with Crippen LogP contribution >= 0.6 is 0 Å². The quantitative estimate of drug-likeness (QED) is 0.846. The van der Waals surface area contributed by atoms with Crippen LogP contribution in [0.3, 0.4) is 0 Å². The highest BCUT2D eigenvalue weighted by atomic mass is 16.3. The topological polar surface area (TPSA) is 23.5 Å². The van der Waals surface area contributed by atoms with E-state index < -0.39 is 0 Å². The summed E-state index contributed by atoms with van der Waals surface area (Å²) >= 11 is 0. The molecule has 2 nitrogen and oxygen atoms in total. The number of rotatable bonds is 2. The van der Waals surface area contributed by atoms with Crippen LogP contribution in [0.4, 0.5) is 0 Å². The number of likely N-dealkylation sites (tertiary alicyclic amines) is 1. The molecule has 17 heavy (non-hydrogen) atoms. The van der Waals surface area contributed by atoms with Crippen molar-refractivity contribution in [2.24, 2.45) is 5.41 Å². The van der Waals surface area contributed by atoms with Crippen LogP contribution in [-0.4, -0.2) is 23.1 Å². The van der Waals surface area contributed by atoms with E-state index in [1.807, 2.05) is 18.2 Å². The van der Waals surface area contributed by atoms with Gasteiger partial charge in [0.05, 0.1) is 0 Å². The van der Waals surface area contributed by atoms with Gasteiger partial charge < -0.3 is 5.11 Å². The van der Waals surface area contributed by atoms with Crippen LogP contribution in [0.1, 0.15) is 38.7 Å². The molecular weight excluding hydrogens is 210 g/mol. The zero-order valence-electron chi connectivity index (χ0n) is 10.9. The first-order chi connectivity index (χ1) is 8.07. The minimum absolute atomic E-state index is 0.427. The van der Waals surface area contributed by atoms with Gasteiger partial charge in [-0.1, -0.05) is 32.0 Å². The molecule has 0 aromatic heterocycles. The van der Waals surface area contributed by atoms with E-state index in [1.165, 1.54) is 19.3 Å². The minimum Gasteiger partial charge on any atom is -0.508 e. The Balaban J connectivity index is 1.98. The average Bonchev–Trinajstić information content (AvgIpc) is 2.44. The highest BCUT2D eigenvalue weighted by Crippen LogP contribution is 2.30. The van der Waals surface area contributed by atoms with Crippen LogP contribution < -0.4 is 0 Å². The number of phenolic OH excluding ortho intramolecular Hbond substituents is 1. The van der Waals surface area contributed by atoms with Crippen molar-refractivity contribution in [3.8, 4) is 5.75 Å². The number of hydrogen-bond acceptors (Lipinski definition) is 2. The highest BCUT2D eigenvalue weighted by Gasteiger charge is 2.23. The van der Waals surface area contributed by atoms with E-state index in [1.54, 1.807) is 6.07 Å². The Hall–Kier alpha value is -1.02. The van der Waals surface area contributed by atoms with Crippen LogP contribution in [0, 0.1) is 5.41 Å². The van der Waals surface area contributed by atoms with Crippen molar-refractivity contribution in [1.82, 2.24) is 4.90 Å². The van der Waals surface area contributed by atoms with Gasteiger partial charge >= 0.3 is 0 Å². The van der Waals surface area contributed by atoms with Crippen LogP contribution in [-0.2, 0) is 6.54 Å². The van der Waals surface area contributed by atoms with Crippen molar-refractivity contribution in [2.45, 2.75) is 39.7 Å². The Morgan fingerprint density at radius 3 is 2.71 bits per heavy atom. The number of benzene rings is 1. The maximum Gasteiger partial charge on any atom is 0.120 e. The first-order valence-corrected chi connectivity index (χ1v) is 6.56. The molecule has 0 spiro atoms. The van der Waals surface area contributed by atoms with Crippen LogP contribution in [0.15, 0.2) is 24.3 Å². The molecule has 0 amide bonds. The lowest BCUT2D eigenvalue weighted by Crippen LogP contribution is -2.25. The summed E-state index contributed by atoms with van der Waals surface area (Å²) in [5.74, 6) is 0.427. The molecule has 1 fully saturated rings. The van der Waals surface area contributed by atoms with E-state index >= 15 is 0 Å². The van der Waals surface area contributed by atoms with Crippen molar-refractivity contribution in [1.29, 1.82) is 0 Å². The zero-order chi connectivity index (χ0) is 12.3. The third kappa shape index (κ3) is 3.47. The van der Waals surface area contributed by atoms with Gasteiger partial charge in [-0.15, -0.1) is 0 Å². The van der Waals surface area contributed by atoms with Gasteiger partial charge in [0, 0.05) is 12.1 Å². The molecule has 1 aromatic carbocycles. The molecule has 1 aliphatic heterocycles. The normalized spacial score (nSPS) is 21.1. The van der Waals surface area contributed by atoms with Crippen molar-refractivity contribution < 1.29 is 5.11 Å². The lowest BCUT2D eigenvalue weighted by atomic mass is 9.85. The van der Waals surface area contributed by atoms with E-state index in [2.05, 4.69) is 18.7 Å². The lowest BCUT2D eigenvalue weighted by Gasteiger charge is -2.23. The molecule has 1 aromatic rings. The molecule has 1 heterocycles. The van der Waals surface area contributed by atoms with E-state index in [0.29, 0.717) is 11.2 Å². The van der Waals surface area contributed by atoms with Gasteiger partial charge in [-0.2, -0.15) is 0 Å². The molecule has 0 radical (unpaired) electrons. The third-order valence-electron chi connectivity index (χ3n) is 3.82. The lowest BCUT2D eigenvalue weighted by molar-refractivity contribution is 0.253. The maximum absolute atomic E-state index is 9.79. The fourth-order valence-corrected chi connectivity index (χ4v) is 2.52. The van der Waals surface area contributed by atoms with Crippen molar-refractivity contribution in [3.63, 3.8) is 0 Å². The molecule has 0 atom stereocenters. The molecule has 1 N–H and O–H groups in total. The number of hydrogen-bond donors (Lipinski definition) is 1. The van der Waals surface area contributed by atoms with Gasteiger partial charge in [0.2, 0.25) is 0 Å². The molecule has 94 valence electrons. The van der Waals surface area contributed by atoms with Crippen LogP contribution in [0.2, 0.25) is 0 Å². The molecular formula is C15H23NO. The van der Waals surface area contributed by atoms with E-state index in [4.69, 9.17) is 0 Å². The number of para-hydroxylation sites is 1. The summed E-state index contributed by atoms with van der Waals surface area (Å²) in [5, 5.41) is 9.79. The number of nitrogens with zero attached hydrogens (tertiary/aromatic N) is 1. The molecule has 0 unspecified atom stereocenters. The molecule has 1 aliphatic rings. The van der Waals surface area contributed by atoms with Crippen LogP contribution in [0.5, 0.6) is 5.75 Å². The van der Waals surface area contributed by atoms with Crippen molar-refractivity contribution in [3.05, 3.63) is 29.8 Å². The molecule has 0 bridgehead atoms. The van der Waals surface area contributed by atoms with Crippen molar-refractivity contribution in [2.75, 3.05) is 13.1 Å². The van der Waals surface area contributed by atoms with Gasteiger partial charge in [0.1, 0.15) is 5.75 Å². The zero-order valence-corrected chi connectivity index (χ0v) is 10.9. The molecule has 2 heteroatoms. The second kappa shape index (κ2) is 5.09. The average molecular weight is 233 g/mol. The summed E-state index contributed by atoms with van der Waals surface area (Å²) in [7, 11) is 0. The van der Waals surface area contributed by atoms with Crippen LogP contribution in [0.25, 0.3) is 0 Å². The summed E-state index contributed by atoms with van der Waals surface area (Å²) in [5.41, 5.74) is 1.53. The summed E-state index contributed by atoms with van der Waals surface area (Å²) < 4.78 is 0. The fourth-order valence-electron chi connectivity index (χ4n) is 2.52. The monoisotopic (exact) mass is 233 g/mol. The van der Waals surface area contributed by atoms with Gasteiger partial charge in [-0.25, -0.2) is 0 Å². The standard InChI is InChI=1S/C15H23NO/c1-15(2)8-5-10-16(11-9-15)12-13-6-3-4-7-14(13)17/h3-4,6-7,17H,5,8-12H2,1-2H3. The maximum atomic E-state index is 9.79. The van der Waals surface area contributed by atoms with E-state index in [-0.39, 0.29) is 0 Å². The third-order valence-corrected chi connectivity index (χ3v) is 3.82. The minimum atomic E-state index is 0.427. The largest absolute Gasteiger partial charge is 0.508 e. The van der Waals surface area contributed by atoms with Gasteiger partial charge in [0.15, 0.2) is 0 Å². The highest BCUT2D eigenvalue weighted by molar-refractivity contribution is 5.31. The molecule has 0 aliphatic carbocycles. The SMILES string of the molecule is CC1(C)CCCN(Cc2ccccc2O)CC1. The van der Waals surface area contributed by atoms with Crippen molar-refractivity contribution >= 4 is 0 Å². The smallest absolute Gasteiger partial charge is 0.120 e. The van der Waals surface area contributed by atoms with Gasteiger partial charge in [0.25, 0.3) is 0 Å². The number of phenols is 1. The first kappa shape index (κ1) is 12.4. The molecule has 1 saturated heterocycles. The second-order valence-electron chi connectivity index (χ2n) is 5.92. The Kier molecular flexibility index (Phi) is 3.72. The predicted octanol–water partition coefficient (Wildman–Crippen LogP) is 3.40. The number of aromatic hydroxyl groups is 1. The summed E-state index contributed by atoms with van der Waals surface area (Å²) in [4.78, 5) is 2.46. The summed E-state index contributed by atoms with van der Waals surface area (Å²) in [6.07, 6.45) is 3.82. The second-order valence-corrected chi connectivity index (χ2v) is 5.92. The Labute approximate surface area is 104 Å². The molecule has 0 saturated carbocycles. The Morgan fingerprint density at radius 1 is 1.18 bits per heavy atom.